The highest BCUT2D eigenvalue weighted by Crippen LogP contribution is 2.25. The molecule has 0 aliphatic carbocycles. The Morgan fingerprint density at radius 2 is 2.12 bits per heavy atom. The van der Waals surface area contributed by atoms with Crippen LogP contribution in [-0.2, 0) is 12.3 Å². The van der Waals surface area contributed by atoms with Crippen LogP contribution >= 0.6 is 35.0 Å². The first kappa shape index (κ1) is 12.6. The molecule has 0 saturated heterocycles. The van der Waals surface area contributed by atoms with Crippen LogP contribution in [0, 0.1) is 0 Å². The van der Waals surface area contributed by atoms with Crippen LogP contribution < -0.4 is 5.73 Å². The summed E-state index contributed by atoms with van der Waals surface area (Å²) in [5, 5.41) is 8.78. The van der Waals surface area contributed by atoms with Crippen LogP contribution in [0.5, 0.6) is 0 Å². The molecule has 17 heavy (non-hydrogen) atoms. The van der Waals surface area contributed by atoms with E-state index in [2.05, 4.69) is 15.2 Å². The van der Waals surface area contributed by atoms with Crippen molar-refractivity contribution in [2.75, 3.05) is 0 Å². The van der Waals surface area contributed by atoms with E-state index < -0.39 is 0 Å². The summed E-state index contributed by atoms with van der Waals surface area (Å²) in [5.41, 5.74) is 6.22. The Labute approximate surface area is 112 Å². The van der Waals surface area contributed by atoms with E-state index in [4.69, 9.17) is 33.4 Å². The minimum atomic E-state index is 0.233. The SMILES string of the molecule is NCc1nnc(SCc2ccc(Cl)nc2Cl)o1. The number of thioether (sulfide) groups is 1. The van der Waals surface area contributed by atoms with Gasteiger partial charge in [0, 0.05) is 11.3 Å². The number of halogens is 2. The van der Waals surface area contributed by atoms with E-state index in [1.54, 1.807) is 6.07 Å². The Kier molecular flexibility index (Phi) is 4.22. The predicted molar refractivity (Wildman–Crippen MR) is 66.0 cm³/mol. The highest BCUT2D eigenvalue weighted by molar-refractivity contribution is 7.98. The van der Waals surface area contributed by atoms with Crippen LogP contribution in [0.2, 0.25) is 10.3 Å². The summed E-state index contributed by atoms with van der Waals surface area (Å²) >= 11 is 13.0. The molecule has 0 aromatic carbocycles. The van der Waals surface area contributed by atoms with Crippen LogP contribution in [0.4, 0.5) is 0 Å². The third-order valence-electron chi connectivity index (χ3n) is 1.87. The van der Waals surface area contributed by atoms with Crippen molar-refractivity contribution in [1.29, 1.82) is 0 Å². The van der Waals surface area contributed by atoms with E-state index in [1.165, 1.54) is 11.8 Å². The first-order valence-corrected chi connectivity index (χ1v) is 6.39. The Morgan fingerprint density at radius 3 is 2.76 bits per heavy atom. The lowest BCUT2D eigenvalue weighted by Gasteiger charge is -2.00. The Balaban J connectivity index is 2.02. The maximum Gasteiger partial charge on any atom is 0.276 e. The van der Waals surface area contributed by atoms with Crippen molar-refractivity contribution in [3.8, 4) is 0 Å². The molecule has 0 bridgehead atoms. The van der Waals surface area contributed by atoms with Crippen molar-refractivity contribution in [2.24, 2.45) is 5.73 Å². The average molecular weight is 291 g/mol. The number of rotatable bonds is 4. The van der Waals surface area contributed by atoms with Gasteiger partial charge in [0.2, 0.25) is 5.89 Å². The molecule has 2 aromatic heterocycles. The highest BCUT2D eigenvalue weighted by Gasteiger charge is 2.08. The summed E-state index contributed by atoms with van der Waals surface area (Å²) in [6.45, 7) is 0.233. The largest absolute Gasteiger partial charge is 0.415 e. The fourth-order valence-corrected chi connectivity index (χ4v) is 2.32. The number of hydrogen-bond acceptors (Lipinski definition) is 6. The van der Waals surface area contributed by atoms with Crippen molar-refractivity contribution >= 4 is 35.0 Å². The molecular formula is C9H8Cl2N4OS. The van der Waals surface area contributed by atoms with Gasteiger partial charge in [-0.25, -0.2) is 4.98 Å². The van der Waals surface area contributed by atoms with E-state index in [0.29, 0.717) is 27.2 Å². The topological polar surface area (TPSA) is 77.8 Å². The molecule has 0 aliphatic heterocycles. The molecule has 0 amide bonds. The molecule has 5 nitrogen and oxygen atoms in total. The number of nitrogens with zero attached hydrogens (tertiary/aromatic N) is 3. The van der Waals surface area contributed by atoms with E-state index >= 15 is 0 Å². The molecule has 0 saturated carbocycles. The molecule has 2 aromatic rings. The summed E-state index contributed by atoms with van der Waals surface area (Å²) in [7, 11) is 0. The van der Waals surface area contributed by atoms with Gasteiger partial charge in [0.1, 0.15) is 10.3 Å². The molecule has 0 spiro atoms. The summed E-state index contributed by atoms with van der Waals surface area (Å²) in [6.07, 6.45) is 0. The molecule has 2 rings (SSSR count). The zero-order valence-electron chi connectivity index (χ0n) is 8.56. The summed E-state index contributed by atoms with van der Waals surface area (Å²) < 4.78 is 5.24. The Hall–Kier alpha value is -0.820. The molecule has 0 unspecified atom stereocenters. The monoisotopic (exact) mass is 290 g/mol. The average Bonchev–Trinajstić information content (AvgIpc) is 2.76. The van der Waals surface area contributed by atoms with Gasteiger partial charge in [-0.05, 0) is 6.07 Å². The molecule has 0 atom stereocenters. The molecule has 90 valence electrons. The standard InChI is InChI=1S/C9H8Cl2N4OS/c10-6-2-1-5(8(11)13-6)4-17-9-15-14-7(3-12)16-9/h1-2H,3-4,12H2. The van der Waals surface area contributed by atoms with Crippen LogP contribution in [0.1, 0.15) is 11.5 Å². The van der Waals surface area contributed by atoms with Crippen molar-refractivity contribution in [3.63, 3.8) is 0 Å². The highest BCUT2D eigenvalue weighted by atomic mass is 35.5. The third kappa shape index (κ3) is 3.32. The maximum atomic E-state index is 5.93. The first-order valence-electron chi connectivity index (χ1n) is 4.65. The van der Waals surface area contributed by atoms with Gasteiger partial charge >= 0.3 is 0 Å². The lowest BCUT2D eigenvalue weighted by molar-refractivity contribution is 0.415. The van der Waals surface area contributed by atoms with Gasteiger partial charge < -0.3 is 10.2 Å². The van der Waals surface area contributed by atoms with Crippen molar-refractivity contribution in [1.82, 2.24) is 15.2 Å². The molecule has 0 radical (unpaired) electrons. The minimum Gasteiger partial charge on any atom is -0.415 e. The molecule has 2 N–H and O–H groups in total. The van der Waals surface area contributed by atoms with Gasteiger partial charge in [0.25, 0.3) is 5.22 Å². The zero-order chi connectivity index (χ0) is 12.3. The van der Waals surface area contributed by atoms with Gasteiger partial charge in [-0.1, -0.05) is 41.0 Å². The lowest BCUT2D eigenvalue weighted by atomic mass is 10.3. The van der Waals surface area contributed by atoms with Crippen molar-refractivity contribution in [2.45, 2.75) is 17.5 Å². The van der Waals surface area contributed by atoms with Gasteiger partial charge in [-0.15, -0.1) is 10.2 Å². The quantitative estimate of drug-likeness (QED) is 0.689. The van der Waals surface area contributed by atoms with Crippen molar-refractivity contribution < 1.29 is 4.42 Å². The fraction of sp³-hybridized carbons (Fsp3) is 0.222. The van der Waals surface area contributed by atoms with Crippen LogP contribution in [0.3, 0.4) is 0 Å². The molecule has 0 fully saturated rings. The van der Waals surface area contributed by atoms with E-state index in [-0.39, 0.29) is 6.54 Å². The van der Waals surface area contributed by atoms with E-state index in [0.717, 1.165) is 5.56 Å². The number of pyridine rings is 1. The number of aromatic nitrogens is 3. The fourth-order valence-electron chi connectivity index (χ4n) is 1.07. The zero-order valence-corrected chi connectivity index (χ0v) is 10.9. The third-order valence-corrected chi connectivity index (χ3v) is 3.27. The second kappa shape index (κ2) is 5.68. The van der Waals surface area contributed by atoms with Crippen molar-refractivity contribution in [3.05, 3.63) is 33.9 Å². The first-order chi connectivity index (χ1) is 8.19. The maximum absolute atomic E-state index is 5.93. The minimum absolute atomic E-state index is 0.233. The second-order valence-electron chi connectivity index (χ2n) is 3.04. The molecule has 0 aliphatic rings. The summed E-state index contributed by atoms with van der Waals surface area (Å²) in [6, 6.07) is 3.49. The number of nitrogens with two attached hydrogens (primary N) is 1. The molecular weight excluding hydrogens is 283 g/mol. The number of hydrogen-bond donors (Lipinski definition) is 1. The van der Waals surface area contributed by atoms with Gasteiger partial charge in [0.05, 0.1) is 6.54 Å². The molecule has 2 heterocycles. The molecule has 8 heteroatoms. The van der Waals surface area contributed by atoms with E-state index in [1.807, 2.05) is 6.07 Å². The Bertz CT molecular complexity index is 519. The van der Waals surface area contributed by atoms with Crippen LogP contribution in [0.25, 0.3) is 0 Å². The van der Waals surface area contributed by atoms with Gasteiger partial charge in [-0.2, -0.15) is 0 Å². The van der Waals surface area contributed by atoms with E-state index in [9.17, 15) is 0 Å². The second-order valence-corrected chi connectivity index (χ2v) is 4.71. The normalized spacial score (nSPS) is 10.8. The summed E-state index contributed by atoms with van der Waals surface area (Å²) in [4.78, 5) is 3.94. The Morgan fingerprint density at radius 1 is 1.29 bits per heavy atom. The van der Waals surface area contributed by atoms with Crippen LogP contribution in [-0.4, -0.2) is 15.2 Å². The predicted octanol–water partition coefficient (Wildman–Crippen LogP) is 2.52. The lowest BCUT2D eigenvalue weighted by Crippen LogP contribution is -1.95. The summed E-state index contributed by atoms with van der Waals surface area (Å²) in [5.74, 6) is 0.989. The van der Waals surface area contributed by atoms with Crippen LogP contribution in [0.15, 0.2) is 21.8 Å². The smallest absolute Gasteiger partial charge is 0.276 e. The van der Waals surface area contributed by atoms with Gasteiger partial charge in [0.15, 0.2) is 0 Å². The van der Waals surface area contributed by atoms with Gasteiger partial charge in [-0.3, -0.25) is 0 Å².